The van der Waals surface area contributed by atoms with Gasteiger partial charge in [0.25, 0.3) is 5.91 Å². The van der Waals surface area contributed by atoms with Crippen LogP contribution in [0.15, 0.2) is 48.5 Å². The molecule has 2 aromatic rings. The third-order valence-corrected chi connectivity index (χ3v) is 5.90. The van der Waals surface area contributed by atoms with Gasteiger partial charge in [-0.05, 0) is 74.9 Å². The molecule has 2 aromatic carbocycles. The molecular formula is C23H26FN3O2. The van der Waals surface area contributed by atoms with Crippen LogP contribution in [-0.2, 0) is 0 Å². The SMILES string of the molecule is Cc1cccc(NC(=O)N2[C@H]3CCC[C@H]2CC(NC(=O)c2cccc(F)c2)C3)c1. The molecule has 0 radical (unpaired) electrons. The number of amides is 3. The third kappa shape index (κ3) is 4.42. The lowest BCUT2D eigenvalue weighted by Crippen LogP contribution is -2.59. The minimum absolute atomic E-state index is 0.0101. The van der Waals surface area contributed by atoms with Gasteiger partial charge in [0.15, 0.2) is 0 Å². The second kappa shape index (κ2) is 8.23. The molecule has 2 bridgehead atoms. The van der Waals surface area contributed by atoms with E-state index < -0.39 is 5.82 Å². The minimum Gasteiger partial charge on any atom is -0.349 e. The van der Waals surface area contributed by atoms with E-state index in [1.54, 1.807) is 6.07 Å². The van der Waals surface area contributed by atoms with E-state index in [1.807, 2.05) is 36.1 Å². The van der Waals surface area contributed by atoms with Crippen LogP contribution in [0.3, 0.4) is 0 Å². The molecular weight excluding hydrogens is 369 g/mol. The van der Waals surface area contributed by atoms with E-state index in [0.717, 1.165) is 43.4 Å². The first-order valence-corrected chi connectivity index (χ1v) is 10.2. The van der Waals surface area contributed by atoms with Gasteiger partial charge in [0.1, 0.15) is 5.82 Å². The number of hydrogen-bond donors (Lipinski definition) is 2. The number of halogens is 1. The summed E-state index contributed by atoms with van der Waals surface area (Å²) in [5.74, 6) is -0.678. The molecule has 2 heterocycles. The first-order chi connectivity index (χ1) is 14.0. The van der Waals surface area contributed by atoms with E-state index in [9.17, 15) is 14.0 Å². The summed E-state index contributed by atoms with van der Waals surface area (Å²) in [5, 5.41) is 6.07. The van der Waals surface area contributed by atoms with Crippen molar-refractivity contribution in [3.63, 3.8) is 0 Å². The summed E-state index contributed by atoms with van der Waals surface area (Å²) in [6, 6.07) is 13.6. The highest BCUT2D eigenvalue weighted by molar-refractivity contribution is 5.94. The van der Waals surface area contributed by atoms with Crippen molar-refractivity contribution in [3.05, 3.63) is 65.5 Å². The van der Waals surface area contributed by atoms with Gasteiger partial charge in [0, 0.05) is 29.4 Å². The number of benzene rings is 2. The van der Waals surface area contributed by atoms with Crippen molar-refractivity contribution in [3.8, 4) is 0 Å². The second-order valence-corrected chi connectivity index (χ2v) is 8.10. The molecule has 2 aliphatic heterocycles. The normalized spacial score (nSPS) is 23.4. The number of hydrogen-bond acceptors (Lipinski definition) is 2. The lowest BCUT2D eigenvalue weighted by Gasteiger charge is -2.48. The van der Waals surface area contributed by atoms with Crippen LogP contribution in [-0.4, -0.2) is 35.0 Å². The van der Waals surface area contributed by atoms with E-state index in [1.165, 1.54) is 18.2 Å². The number of aryl methyl sites for hydroxylation is 1. The van der Waals surface area contributed by atoms with E-state index in [2.05, 4.69) is 10.6 Å². The summed E-state index contributed by atoms with van der Waals surface area (Å²) < 4.78 is 13.4. The van der Waals surface area contributed by atoms with Crippen LogP contribution in [0.1, 0.15) is 48.0 Å². The average molecular weight is 395 g/mol. The van der Waals surface area contributed by atoms with Crippen LogP contribution >= 0.6 is 0 Å². The van der Waals surface area contributed by atoms with Crippen LogP contribution in [0.5, 0.6) is 0 Å². The highest BCUT2D eigenvalue weighted by Gasteiger charge is 2.41. The van der Waals surface area contributed by atoms with Crippen molar-refractivity contribution in [1.82, 2.24) is 10.2 Å². The molecule has 0 aliphatic carbocycles. The summed E-state index contributed by atoms with van der Waals surface area (Å²) in [6.45, 7) is 2.00. The zero-order valence-electron chi connectivity index (χ0n) is 16.5. The lowest BCUT2D eigenvalue weighted by molar-refractivity contribution is 0.0577. The molecule has 29 heavy (non-hydrogen) atoms. The fraction of sp³-hybridized carbons (Fsp3) is 0.391. The topological polar surface area (TPSA) is 61.4 Å². The second-order valence-electron chi connectivity index (χ2n) is 8.10. The molecule has 2 aliphatic rings. The number of piperidine rings is 2. The Labute approximate surface area is 170 Å². The van der Waals surface area contributed by atoms with Crippen LogP contribution in [0.25, 0.3) is 0 Å². The lowest BCUT2D eigenvalue weighted by atomic mass is 9.82. The average Bonchev–Trinajstić information content (AvgIpc) is 2.67. The number of anilines is 1. The molecule has 2 atom stereocenters. The Morgan fingerprint density at radius 1 is 1.03 bits per heavy atom. The first kappa shape index (κ1) is 19.4. The Morgan fingerprint density at radius 2 is 1.76 bits per heavy atom. The van der Waals surface area contributed by atoms with Crippen LogP contribution < -0.4 is 10.6 Å². The van der Waals surface area contributed by atoms with Gasteiger partial charge in [-0.3, -0.25) is 4.79 Å². The Morgan fingerprint density at radius 3 is 2.45 bits per heavy atom. The molecule has 4 rings (SSSR count). The van der Waals surface area contributed by atoms with E-state index >= 15 is 0 Å². The van der Waals surface area contributed by atoms with Crippen molar-refractivity contribution in [2.75, 3.05) is 5.32 Å². The smallest absolute Gasteiger partial charge is 0.322 e. The molecule has 2 N–H and O–H groups in total. The molecule has 152 valence electrons. The maximum absolute atomic E-state index is 13.4. The van der Waals surface area contributed by atoms with Crippen LogP contribution in [0.2, 0.25) is 0 Å². The van der Waals surface area contributed by atoms with Crippen molar-refractivity contribution in [2.45, 2.75) is 57.2 Å². The Kier molecular flexibility index (Phi) is 5.51. The number of urea groups is 1. The highest BCUT2D eigenvalue weighted by Crippen LogP contribution is 2.34. The van der Waals surface area contributed by atoms with Gasteiger partial charge in [0.05, 0.1) is 0 Å². The number of carbonyl (C=O) groups is 2. The predicted molar refractivity (Wildman–Crippen MR) is 110 cm³/mol. The molecule has 6 heteroatoms. The highest BCUT2D eigenvalue weighted by atomic mass is 19.1. The monoisotopic (exact) mass is 395 g/mol. The molecule has 0 aromatic heterocycles. The molecule has 2 fully saturated rings. The Hall–Kier alpha value is -2.89. The largest absolute Gasteiger partial charge is 0.349 e. The van der Waals surface area contributed by atoms with E-state index in [4.69, 9.17) is 0 Å². The van der Waals surface area contributed by atoms with Gasteiger partial charge in [-0.25, -0.2) is 9.18 Å². The third-order valence-electron chi connectivity index (χ3n) is 5.90. The fourth-order valence-electron chi connectivity index (χ4n) is 4.64. The molecule has 3 amide bonds. The Bertz CT molecular complexity index is 903. The number of fused-ring (bicyclic) bond motifs is 2. The van der Waals surface area contributed by atoms with Crippen LogP contribution in [0, 0.1) is 12.7 Å². The van der Waals surface area contributed by atoms with Gasteiger partial charge < -0.3 is 15.5 Å². The zero-order chi connectivity index (χ0) is 20.4. The summed E-state index contributed by atoms with van der Waals surface area (Å²) in [6.07, 6.45) is 4.40. The van der Waals surface area contributed by atoms with Gasteiger partial charge in [-0.2, -0.15) is 0 Å². The quantitative estimate of drug-likeness (QED) is 0.805. The van der Waals surface area contributed by atoms with Crippen molar-refractivity contribution >= 4 is 17.6 Å². The summed E-state index contributed by atoms with van der Waals surface area (Å²) >= 11 is 0. The molecule has 2 saturated heterocycles. The predicted octanol–water partition coefficient (Wildman–Crippen LogP) is 4.48. The summed E-state index contributed by atoms with van der Waals surface area (Å²) in [7, 11) is 0. The minimum atomic E-state index is -0.419. The molecule has 0 unspecified atom stereocenters. The van der Waals surface area contributed by atoms with Gasteiger partial charge >= 0.3 is 6.03 Å². The van der Waals surface area contributed by atoms with E-state index in [0.29, 0.717) is 5.56 Å². The number of nitrogens with one attached hydrogen (secondary N) is 2. The van der Waals surface area contributed by atoms with Crippen molar-refractivity contribution in [1.29, 1.82) is 0 Å². The summed E-state index contributed by atoms with van der Waals surface area (Å²) in [4.78, 5) is 27.4. The number of nitrogens with zero attached hydrogens (tertiary/aromatic N) is 1. The maximum Gasteiger partial charge on any atom is 0.322 e. The zero-order valence-corrected chi connectivity index (χ0v) is 16.5. The van der Waals surface area contributed by atoms with Crippen molar-refractivity contribution in [2.24, 2.45) is 0 Å². The number of carbonyl (C=O) groups excluding carboxylic acids is 2. The molecule has 5 nitrogen and oxygen atoms in total. The fourth-order valence-corrected chi connectivity index (χ4v) is 4.64. The standard InChI is InChI=1S/C23H26FN3O2/c1-15-5-2-8-18(11-15)26-23(29)27-20-9-4-10-21(27)14-19(13-20)25-22(28)16-6-3-7-17(24)12-16/h2-3,5-8,11-12,19-21H,4,9-10,13-14H2,1H3,(H,25,28)(H,26,29)/t20-,21-/m0/s1. The maximum atomic E-state index is 13.4. The van der Waals surface area contributed by atoms with Gasteiger partial charge in [-0.1, -0.05) is 18.2 Å². The van der Waals surface area contributed by atoms with E-state index in [-0.39, 0.29) is 30.1 Å². The molecule has 0 spiro atoms. The Balaban J connectivity index is 1.42. The molecule has 0 saturated carbocycles. The van der Waals surface area contributed by atoms with Crippen molar-refractivity contribution < 1.29 is 14.0 Å². The van der Waals surface area contributed by atoms with Gasteiger partial charge in [0.2, 0.25) is 0 Å². The van der Waals surface area contributed by atoms with Gasteiger partial charge in [-0.15, -0.1) is 0 Å². The first-order valence-electron chi connectivity index (χ1n) is 10.2. The van der Waals surface area contributed by atoms with Crippen LogP contribution in [0.4, 0.5) is 14.9 Å². The number of rotatable bonds is 3. The summed E-state index contributed by atoms with van der Waals surface area (Å²) in [5.41, 5.74) is 2.23.